The molecule has 0 saturated carbocycles. The zero-order valence-corrected chi connectivity index (χ0v) is 15.4. The molecule has 5 nitrogen and oxygen atoms in total. The van der Waals surface area contributed by atoms with Crippen LogP contribution in [-0.4, -0.2) is 53.7 Å². The van der Waals surface area contributed by atoms with Gasteiger partial charge in [-0.1, -0.05) is 11.6 Å². The minimum absolute atomic E-state index is 0.0430. The van der Waals surface area contributed by atoms with Crippen molar-refractivity contribution < 1.29 is 9.53 Å². The average Bonchev–Trinajstić information content (AvgIpc) is 3.23. The van der Waals surface area contributed by atoms with Crippen LogP contribution in [0, 0.1) is 0 Å². The number of likely N-dealkylation sites (tertiary alicyclic amines) is 1. The van der Waals surface area contributed by atoms with E-state index >= 15 is 0 Å². The number of aromatic nitrogens is 1. The molecule has 6 heteroatoms. The van der Waals surface area contributed by atoms with E-state index in [0.29, 0.717) is 11.4 Å². The summed E-state index contributed by atoms with van der Waals surface area (Å²) >= 11 is 1.37. The van der Waals surface area contributed by atoms with Gasteiger partial charge < -0.3 is 10.1 Å². The lowest BCUT2D eigenvalue weighted by molar-refractivity contribution is -0.0741. The summed E-state index contributed by atoms with van der Waals surface area (Å²) in [7, 11) is 0. The van der Waals surface area contributed by atoms with Crippen molar-refractivity contribution in [3.8, 4) is 0 Å². The second-order valence-electron chi connectivity index (χ2n) is 7.12. The standard InChI is InChI=1S/C18H27N3O2S/c1-14(2)4-8-21-9-6-18(7-10-21)5-3-15(23-18)11-20-17(22)16-12-19-13-24-16/h4,12-13,15H,3,5-11H2,1-2H3,(H,20,22). The summed E-state index contributed by atoms with van der Waals surface area (Å²) in [5.41, 5.74) is 3.10. The van der Waals surface area contributed by atoms with Crippen LogP contribution in [0.1, 0.15) is 49.2 Å². The Morgan fingerprint density at radius 2 is 2.25 bits per heavy atom. The highest BCUT2D eigenvalue weighted by Gasteiger charge is 2.42. The van der Waals surface area contributed by atoms with Gasteiger partial charge in [-0.3, -0.25) is 14.7 Å². The van der Waals surface area contributed by atoms with Crippen molar-refractivity contribution in [2.75, 3.05) is 26.2 Å². The molecule has 132 valence electrons. The molecule has 2 saturated heterocycles. The topological polar surface area (TPSA) is 54.5 Å². The van der Waals surface area contributed by atoms with Crippen molar-refractivity contribution in [1.82, 2.24) is 15.2 Å². The Balaban J connectivity index is 1.42. The third-order valence-corrected chi connectivity index (χ3v) is 5.78. The van der Waals surface area contributed by atoms with E-state index in [4.69, 9.17) is 4.74 Å². The summed E-state index contributed by atoms with van der Waals surface area (Å²) in [4.78, 5) is 19.1. The molecule has 1 amide bonds. The van der Waals surface area contributed by atoms with Gasteiger partial charge in [-0.2, -0.15) is 0 Å². The van der Waals surface area contributed by atoms with E-state index < -0.39 is 0 Å². The Morgan fingerprint density at radius 3 is 2.92 bits per heavy atom. The van der Waals surface area contributed by atoms with Crippen molar-refractivity contribution in [2.24, 2.45) is 0 Å². The highest BCUT2D eigenvalue weighted by Crippen LogP contribution is 2.38. The molecule has 1 aromatic heterocycles. The van der Waals surface area contributed by atoms with Gasteiger partial charge in [-0.25, -0.2) is 0 Å². The second-order valence-corrected chi connectivity index (χ2v) is 8.01. The fraction of sp³-hybridized carbons (Fsp3) is 0.667. The third-order valence-electron chi connectivity index (χ3n) is 5.01. The number of hydrogen-bond acceptors (Lipinski definition) is 5. The minimum Gasteiger partial charge on any atom is -0.370 e. The number of ether oxygens (including phenoxy) is 1. The smallest absolute Gasteiger partial charge is 0.263 e. The van der Waals surface area contributed by atoms with E-state index in [0.717, 1.165) is 45.3 Å². The lowest BCUT2D eigenvalue weighted by Gasteiger charge is -2.39. The quantitative estimate of drug-likeness (QED) is 0.831. The van der Waals surface area contributed by atoms with Crippen LogP contribution in [0.3, 0.4) is 0 Å². The molecule has 2 fully saturated rings. The predicted molar refractivity (Wildman–Crippen MR) is 96.4 cm³/mol. The van der Waals surface area contributed by atoms with Crippen LogP contribution in [0.15, 0.2) is 23.4 Å². The van der Waals surface area contributed by atoms with Gasteiger partial charge >= 0.3 is 0 Å². The molecule has 3 rings (SSSR count). The zero-order valence-electron chi connectivity index (χ0n) is 14.6. The molecular weight excluding hydrogens is 322 g/mol. The summed E-state index contributed by atoms with van der Waals surface area (Å²) in [5, 5.41) is 2.98. The molecule has 24 heavy (non-hydrogen) atoms. The van der Waals surface area contributed by atoms with Gasteiger partial charge in [-0.05, 0) is 39.5 Å². The van der Waals surface area contributed by atoms with E-state index in [1.165, 1.54) is 16.9 Å². The van der Waals surface area contributed by atoms with E-state index in [2.05, 4.69) is 35.1 Å². The Morgan fingerprint density at radius 1 is 1.46 bits per heavy atom. The maximum atomic E-state index is 12.0. The van der Waals surface area contributed by atoms with Gasteiger partial charge in [0.2, 0.25) is 0 Å². The largest absolute Gasteiger partial charge is 0.370 e. The molecule has 1 aromatic rings. The SMILES string of the molecule is CC(C)=CCN1CCC2(CCC(CNC(=O)c3cncs3)O2)CC1. The van der Waals surface area contributed by atoms with Crippen LogP contribution in [0.2, 0.25) is 0 Å². The molecule has 0 bridgehead atoms. The summed E-state index contributed by atoms with van der Waals surface area (Å²) < 4.78 is 6.36. The van der Waals surface area contributed by atoms with Gasteiger partial charge in [0.1, 0.15) is 4.88 Å². The van der Waals surface area contributed by atoms with Gasteiger partial charge in [0, 0.05) is 26.2 Å². The molecule has 0 aliphatic carbocycles. The zero-order chi connectivity index (χ0) is 17.0. The number of carbonyl (C=O) groups is 1. The van der Waals surface area contributed by atoms with Crippen LogP contribution < -0.4 is 5.32 Å². The fourth-order valence-electron chi connectivity index (χ4n) is 3.48. The van der Waals surface area contributed by atoms with Crippen molar-refractivity contribution in [3.05, 3.63) is 28.2 Å². The number of carbonyl (C=O) groups excluding carboxylic acids is 1. The molecule has 1 spiro atoms. The number of thiazole rings is 1. The van der Waals surface area contributed by atoms with Gasteiger partial charge in [-0.15, -0.1) is 11.3 Å². The molecule has 1 N–H and O–H groups in total. The Hall–Kier alpha value is -1.24. The van der Waals surface area contributed by atoms with E-state index in [1.807, 2.05) is 0 Å². The monoisotopic (exact) mass is 349 g/mol. The van der Waals surface area contributed by atoms with Gasteiger partial charge in [0.15, 0.2) is 0 Å². The van der Waals surface area contributed by atoms with Crippen molar-refractivity contribution in [2.45, 2.75) is 51.2 Å². The van der Waals surface area contributed by atoms with Crippen molar-refractivity contribution in [3.63, 3.8) is 0 Å². The fourth-order valence-corrected chi connectivity index (χ4v) is 4.02. The number of nitrogens with zero attached hydrogens (tertiary/aromatic N) is 2. The highest BCUT2D eigenvalue weighted by atomic mass is 32.1. The van der Waals surface area contributed by atoms with Crippen LogP contribution in [0.5, 0.6) is 0 Å². The van der Waals surface area contributed by atoms with E-state index in [-0.39, 0.29) is 17.6 Å². The number of hydrogen-bond donors (Lipinski definition) is 1. The Bertz CT molecular complexity index is 573. The summed E-state index contributed by atoms with van der Waals surface area (Å²) in [6.45, 7) is 8.15. The van der Waals surface area contributed by atoms with Crippen molar-refractivity contribution >= 4 is 17.2 Å². The maximum Gasteiger partial charge on any atom is 0.263 e. The molecule has 2 aliphatic rings. The lowest BCUT2D eigenvalue weighted by atomic mass is 9.88. The molecular formula is C18H27N3O2S. The second kappa shape index (κ2) is 7.76. The lowest BCUT2D eigenvalue weighted by Crippen LogP contribution is -2.45. The van der Waals surface area contributed by atoms with Crippen LogP contribution in [-0.2, 0) is 4.74 Å². The summed E-state index contributed by atoms with van der Waals surface area (Å²) in [5.74, 6) is -0.0430. The first-order valence-electron chi connectivity index (χ1n) is 8.77. The molecule has 1 atom stereocenters. The van der Waals surface area contributed by atoms with Gasteiger partial charge in [0.25, 0.3) is 5.91 Å². The first kappa shape index (κ1) is 17.6. The molecule has 0 radical (unpaired) electrons. The van der Waals surface area contributed by atoms with E-state index in [1.54, 1.807) is 11.7 Å². The number of nitrogens with one attached hydrogen (secondary N) is 1. The maximum absolute atomic E-state index is 12.0. The normalized spacial score (nSPS) is 23.3. The molecule has 0 aromatic carbocycles. The Kier molecular flexibility index (Phi) is 5.69. The predicted octanol–water partition coefficient (Wildman–Crippen LogP) is 2.85. The molecule has 2 aliphatic heterocycles. The first-order chi connectivity index (χ1) is 11.6. The van der Waals surface area contributed by atoms with Crippen LogP contribution >= 0.6 is 11.3 Å². The van der Waals surface area contributed by atoms with Gasteiger partial charge in [0.05, 0.1) is 23.4 Å². The van der Waals surface area contributed by atoms with Crippen molar-refractivity contribution in [1.29, 1.82) is 0 Å². The molecule has 3 heterocycles. The van der Waals surface area contributed by atoms with E-state index in [9.17, 15) is 4.79 Å². The highest BCUT2D eigenvalue weighted by molar-refractivity contribution is 7.11. The third kappa shape index (κ3) is 4.43. The average molecular weight is 350 g/mol. The number of allylic oxidation sites excluding steroid dienone is 1. The first-order valence-corrected chi connectivity index (χ1v) is 9.64. The van der Waals surface area contributed by atoms with Crippen LogP contribution in [0.25, 0.3) is 0 Å². The number of piperidine rings is 1. The minimum atomic E-state index is -0.0430. The van der Waals surface area contributed by atoms with Crippen LogP contribution in [0.4, 0.5) is 0 Å². The number of amides is 1. The summed E-state index contributed by atoms with van der Waals surface area (Å²) in [6, 6.07) is 0. The summed E-state index contributed by atoms with van der Waals surface area (Å²) in [6.07, 6.45) is 8.41. The Labute approximate surface area is 148 Å². The number of rotatable bonds is 5. The molecule has 1 unspecified atom stereocenters.